The molecule has 0 radical (unpaired) electrons. The number of para-hydroxylation sites is 2. The second-order valence-electron chi connectivity index (χ2n) is 6.94. The molecule has 25 heavy (non-hydrogen) atoms. The van der Waals surface area contributed by atoms with E-state index in [1.165, 1.54) is 35.7 Å². The van der Waals surface area contributed by atoms with Crippen LogP contribution >= 0.6 is 11.3 Å². The summed E-state index contributed by atoms with van der Waals surface area (Å²) in [4.78, 5) is 7.98. The van der Waals surface area contributed by atoms with Crippen molar-refractivity contribution < 1.29 is 9.47 Å². The molecule has 2 fully saturated rings. The van der Waals surface area contributed by atoms with E-state index in [1.54, 1.807) is 7.11 Å². The number of nitrogens with zero attached hydrogens (tertiary/aromatic N) is 2. The number of methoxy groups -OCH3 is 1. The largest absolute Gasteiger partial charge is 0.493 e. The number of hydrogen-bond acceptors (Lipinski definition) is 5. The molecule has 1 aromatic carbocycles. The van der Waals surface area contributed by atoms with Crippen LogP contribution in [0.5, 0.6) is 11.5 Å². The minimum atomic E-state index is 0.264. The van der Waals surface area contributed by atoms with Crippen LogP contribution in [0.1, 0.15) is 22.6 Å². The Morgan fingerprint density at radius 1 is 0.920 bits per heavy atom. The monoisotopic (exact) mass is 358 g/mol. The second kappa shape index (κ2) is 7.77. The van der Waals surface area contributed by atoms with Crippen LogP contribution in [-0.2, 0) is 13.1 Å². The fourth-order valence-electron chi connectivity index (χ4n) is 3.60. The van der Waals surface area contributed by atoms with E-state index in [-0.39, 0.29) is 6.10 Å². The highest BCUT2D eigenvalue weighted by molar-refractivity contribution is 7.11. The Kier molecular flexibility index (Phi) is 5.25. The van der Waals surface area contributed by atoms with Gasteiger partial charge in [-0.05, 0) is 50.2 Å². The molecule has 0 atom stereocenters. The maximum atomic E-state index is 6.06. The van der Waals surface area contributed by atoms with Crippen LogP contribution in [0.15, 0.2) is 36.4 Å². The first-order valence-electron chi connectivity index (χ1n) is 9.12. The van der Waals surface area contributed by atoms with E-state index >= 15 is 0 Å². The summed E-state index contributed by atoms with van der Waals surface area (Å²) < 4.78 is 11.4. The molecule has 3 heterocycles. The second-order valence-corrected chi connectivity index (χ2v) is 8.19. The normalized spacial score (nSPS) is 19.1. The molecule has 0 aliphatic carbocycles. The van der Waals surface area contributed by atoms with Gasteiger partial charge in [-0.15, -0.1) is 11.3 Å². The van der Waals surface area contributed by atoms with Crippen LogP contribution in [0.3, 0.4) is 0 Å². The topological polar surface area (TPSA) is 24.9 Å². The first kappa shape index (κ1) is 16.9. The number of benzene rings is 1. The van der Waals surface area contributed by atoms with Crippen LogP contribution in [0, 0.1) is 0 Å². The summed E-state index contributed by atoms with van der Waals surface area (Å²) >= 11 is 1.96. The zero-order chi connectivity index (χ0) is 17.1. The van der Waals surface area contributed by atoms with Gasteiger partial charge in [0.15, 0.2) is 11.5 Å². The van der Waals surface area contributed by atoms with Crippen LogP contribution in [0.4, 0.5) is 0 Å². The van der Waals surface area contributed by atoms with E-state index in [9.17, 15) is 0 Å². The van der Waals surface area contributed by atoms with Gasteiger partial charge in [-0.3, -0.25) is 9.80 Å². The smallest absolute Gasteiger partial charge is 0.161 e. The molecule has 4 rings (SSSR count). The van der Waals surface area contributed by atoms with E-state index in [0.717, 1.165) is 37.7 Å². The van der Waals surface area contributed by atoms with Crippen molar-refractivity contribution in [3.63, 3.8) is 0 Å². The van der Waals surface area contributed by atoms with Crippen molar-refractivity contribution in [2.45, 2.75) is 32.0 Å². The van der Waals surface area contributed by atoms with Crippen LogP contribution in [0.25, 0.3) is 0 Å². The summed E-state index contributed by atoms with van der Waals surface area (Å²) in [7, 11) is 1.69. The van der Waals surface area contributed by atoms with Crippen LogP contribution < -0.4 is 9.47 Å². The molecule has 0 N–H and O–H groups in total. The molecule has 0 bridgehead atoms. The van der Waals surface area contributed by atoms with Gasteiger partial charge in [0.1, 0.15) is 6.10 Å². The fourth-order valence-corrected chi connectivity index (χ4v) is 4.70. The van der Waals surface area contributed by atoms with Gasteiger partial charge in [0, 0.05) is 35.9 Å². The van der Waals surface area contributed by atoms with E-state index in [2.05, 4.69) is 21.9 Å². The lowest BCUT2D eigenvalue weighted by atomic mass is 10.1. The van der Waals surface area contributed by atoms with Gasteiger partial charge in [0.05, 0.1) is 7.11 Å². The van der Waals surface area contributed by atoms with Crippen molar-refractivity contribution in [1.29, 1.82) is 0 Å². The van der Waals surface area contributed by atoms with Gasteiger partial charge in [0.25, 0.3) is 0 Å². The summed E-state index contributed by atoms with van der Waals surface area (Å²) in [5, 5.41) is 0. The molecule has 5 heteroatoms. The highest BCUT2D eigenvalue weighted by Gasteiger charge is 2.29. The van der Waals surface area contributed by atoms with Crippen LogP contribution in [-0.4, -0.2) is 49.2 Å². The Bertz CT molecular complexity index is 691. The van der Waals surface area contributed by atoms with Crippen molar-refractivity contribution in [3.05, 3.63) is 46.2 Å². The SMILES string of the molecule is COc1ccccc1OC1CN(Cc2ccc(CN3CCCC3)s2)C1. The van der Waals surface area contributed by atoms with Crippen molar-refractivity contribution in [1.82, 2.24) is 9.80 Å². The lowest BCUT2D eigenvalue weighted by Gasteiger charge is -2.38. The molecule has 4 nitrogen and oxygen atoms in total. The van der Waals surface area contributed by atoms with Crippen molar-refractivity contribution in [2.24, 2.45) is 0 Å². The predicted molar refractivity (Wildman–Crippen MR) is 102 cm³/mol. The molecular weight excluding hydrogens is 332 g/mol. The van der Waals surface area contributed by atoms with Gasteiger partial charge in [-0.1, -0.05) is 12.1 Å². The van der Waals surface area contributed by atoms with Gasteiger partial charge in [0.2, 0.25) is 0 Å². The number of thiophene rings is 1. The number of hydrogen-bond donors (Lipinski definition) is 0. The van der Waals surface area contributed by atoms with Gasteiger partial charge in [-0.2, -0.15) is 0 Å². The molecule has 2 aromatic rings. The minimum absolute atomic E-state index is 0.264. The zero-order valence-corrected chi connectivity index (χ0v) is 15.6. The fraction of sp³-hybridized carbons (Fsp3) is 0.500. The maximum Gasteiger partial charge on any atom is 0.161 e. The van der Waals surface area contributed by atoms with Gasteiger partial charge in [-0.25, -0.2) is 0 Å². The number of rotatable bonds is 7. The molecule has 0 saturated carbocycles. The lowest BCUT2D eigenvalue weighted by Crippen LogP contribution is -2.52. The maximum absolute atomic E-state index is 6.06. The summed E-state index contributed by atoms with van der Waals surface area (Å²) in [5.74, 6) is 1.66. The molecule has 2 aliphatic heterocycles. The van der Waals surface area contributed by atoms with Crippen molar-refractivity contribution >= 4 is 11.3 Å². The molecule has 2 aliphatic rings. The highest BCUT2D eigenvalue weighted by atomic mass is 32.1. The summed E-state index contributed by atoms with van der Waals surface area (Å²) in [5.41, 5.74) is 0. The minimum Gasteiger partial charge on any atom is -0.493 e. The average Bonchev–Trinajstić information content (AvgIpc) is 3.26. The standard InChI is InChI=1S/C20H26N2O2S/c1-23-19-6-2-3-7-20(19)24-16-12-22(13-16)15-18-9-8-17(25-18)14-21-10-4-5-11-21/h2-3,6-9,16H,4-5,10-15H2,1H3. The predicted octanol–water partition coefficient (Wildman–Crippen LogP) is 3.62. The zero-order valence-electron chi connectivity index (χ0n) is 14.8. The van der Waals surface area contributed by atoms with E-state index in [0.29, 0.717) is 0 Å². The molecular formula is C20H26N2O2S. The summed E-state index contributed by atoms with van der Waals surface area (Å²) in [6.45, 7) is 6.66. The lowest BCUT2D eigenvalue weighted by molar-refractivity contribution is 0.0137. The first-order chi connectivity index (χ1) is 12.3. The number of likely N-dealkylation sites (tertiary alicyclic amines) is 2. The summed E-state index contributed by atoms with van der Waals surface area (Å²) in [6, 6.07) is 12.5. The van der Waals surface area contributed by atoms with Gasteiger partial charge >= 0.3 is 0 Å². The number of ether oxygens (including phenoxy) is 2. The Morgan fingerprint density at radius 2 is 1.56 bits per heavy atom. The third-order valence-electron chi connectivity index (χ3n) is 4.96. The Morgan fingerprint density at radius 3 is 2.24 bits per heavy atom. The van der Waals surface area contributed by atoms with Gasteiger partial charge < -0.3 is 9.47 Å². The molecule has 1 aromatic heterocycles. The first-order valence-corrected chi connectivity index (χ1v) is 9.94. The third kappa shape index (κ3) is 4.17. The van der Waals surface area contributed by atoms with Crippen molar-refractivity contribution in [2.75, 3.05) is 33.3 Å². The Balaban J connectivity index is 1.24. The van der Waals surface area contributed by atoms with Crippen molar-refractivity contribution in [3.8, 4) is 11.5 Å². The molecule has 0 spiro atoms. The molecule has 0 amide bonds. The Hall–Kier alpha value is -1.56. The van der Waals surface area contributed by atoms with E-state index in [1.807, 2.05) is 35.6 Å². The molecule has 134 valence electrons. The quantitative estimate of drug-likeness (QED) is 0.755. The highest BCUT2D eigenvalue weighted by Crippen LogP contribution is 2.29. The average molecular weight is 359 g/mol. The molecule has 2 saturated heterocycles. The summed E-state index contributed by atoms with van der Waals surface area (Å²) in [6.07, 6.45) is 2.99. The molecule has 0 unspecified atom stereocenters. The third-order valence-corrected chi connectivity index (χ3v) is 6.02. The van der Waals surface area contributed by atoms with E-state index < -0.39 is 0 Å². The van der Waals surface area contributed by atoms with Crippen LogP contribution in [0.2, 0.25) is 0 Å². The van der Waals surface area contributed by atoms with E-state index in [4.69, 9.17) is 9.47 Å². The Labute approximate surface area is 154 Å².